The molecule has 31 heavy (non-hydrogen) atoms. The van der Waals surface area contributed by atoms with Gasteiger partial charge in [-0.1, -0.05) is 12.1 Å². The molecule has 1 fully saturated rings. The van der Waals surface area contributed by atoms with Gasteiger partial charge in [-0.2, -0.15) is 0 Å². The highest BCUT2D eigenvalue weighted by Crippen LogP contribution is 2.30. The molecule has 0 radical (unpaired) electrons. The number of esters is 1. The lowest BCUT2D eigenvalue weighted by Gasteiger charge is -2.18. The molecule has 0 spiro atoms. The van der Waals surface area contributed by atoms with Crippen LogP contribution in [-0.4, -0.2) is 82.4 Å². The molecule has 13 nitrogen and oxygen atoms in total. The van der Waals surface area contributed by atoms with Crippen LogP contribution in [0.2, 0.25) is 0 Å². The average molecular weight is 452 g/mol. The number of carboxylic acids is 1. The van der Waals surface area contributed by atoms with Gasteiger partial charge in [-0.25, -0.2) is 24.6 Å². The molecule has 0 unspecified atom stereocenters. The number of oxime groups is 1. The number of nitrogen functional groups attached to an aromatic ring is 1. The van der Waals surface area contributed by atoms with Crippen LogP contribution in [0.1, 0.15) is 19.0 Å². The van der Waals surface area contributed by atoms with Gasteiger partial charge in [-0.3, -0.25) is 9.59 Å². The van der Waals surface area contributed by atoms with Gasteiger partial charge in [0.15, 0.2) is 16.5 Å². The number of ether oxygens (including phenoxy) is 1. The van der Waals surface area contributed by atoms with Crippen LogP contribution in [0.3, 0.4) is 0 Å². The number of carbonyl (C=O) groups excluding carboxylic acids is 3. The van der Waals surface area contributed by atoms with Crippen molar-refractivity contribution in [2.75, 3.05) is 32.5 Å². The van der Waals surface area contributed by atoms with Crippen LogP contribution in [0, 0.1) is 0 Å². The number of fused-ring (bicyclic) bond motifs is 1. The molecule has 14 heteroatoms. The number of anilines is 1. The van der Waals surface area contributed by atoms with E-state index >= 15 is 0 Å². The van der Waals surface area contributed by atoms with Crippen molar-refractivity contribution in [3.63, 3.8) is 0 Å². The molecule has 1 saturated heterocycles. The van der Waals surface area contributed by atoms with Crippen LogP contribution < -0.4 is 11.1 Å². The second kappa shape index (κ2) is 9.09. The average Bonchev–Trinajstić information content (AvgIpc) is 3.39. The van der Waals surface area contributed by atoms with E-state index in [0.717, 1.165) is 16.3 Å². The largest absolute Gasteiger partial charge is 0.477 e. The number of hydrogen-bond acceptors (Lipinski definition) is 11. The van der Waals surface area contributed by atoms with Crippen LogP contribution in [0.25, 0.3) is 0 Å². The first-order valence-electron chi connectivity index (χ1n) is 9.14. The first-order valence-corrected chi connectivity index (χ1v) is 10.0. The lowest BCUT2D eigenvalue weighted by atomic mass is 10.1. The van der Waals surface area contributed by atoms with E-state index in [4.69, 9.17) is 10.5 Å². The summed E-state index contributed by atoms with van der Waals surface area (Å²) in [5.41, 5.74) is 4.95. The molecular weight excluding hydrogens is 432 g/mol. The summed E-state index contributed by atoms with van der Waals surface area (Å²) in [6.07, 6.45) is 0.567. The van der Waals surface area contributed by atoms with Gasteiger partial charge in [-0.15, -0.1) is 11.3 Å². The van der Waals surface area contributed by atoms with Gasteiger partial charge < -0.3 is 25.7 Å². The van der Waals surface area contributed by atoms with E-state index in [1.807, 2.05) is 0 Å². The van der Waals surface area contributed by atoms with Gasteiger partial charge in [-0.05, 0) is 6.42 Å². The van der Waals surface area contributed by atoms with Gasteiger partial charge in [0.1, 0.15) is 18.8 Å². The summed E-state index contributed by atoms with van der Waals surface area (Å²) in [5, 5.41) is 19.7. The van der Waals surface area contributed by atoms with E-state index in [1.165, 1.54) is 17.5 Å². The number of carbonyl (C=O) groups is 4. The number of hydrogen-bond donors (Lipinski definition) is 3. The first kappa shape index (κ1) is 22.2. The highest BCUT2D eigenvalue weighted by Gasteiger charge is 2.50. The molecule has 166 valence electrons. The third-order valence-electron chi connectivity index (χ3n) is 4.38. The Kier molecular flexibility index (Phi) is 6.50. The van der Waals surface area contributed by atoms with Crippen LogP contribution >= 0.6 is 11.3 Å². The maximum Gasteiger partial charge on any atom is 0.354 e. The summed E-state index contributed by atoms with van der Waals surface area (Å²) < 4.78 is 5.02. The van der Waals surface area contributed by atoms with Crippen molar-refractivity contribution >= 4 is 45.9 Å². The third kappa shape index (κ3) is 4.34. The van der Waals surface area contributed by atoms with Gasteiger partial charge in [0.2, 0.25) is 0 Å². The van der Waals surface area contributed by atoms with Crippen molar-refractivity contribution in [1.29, 1.82) is 0 Å². The van der Waals surface area contributed by atoms with Crippen molar-refractivity contribution in [2.45, 2.75) is 19.4 Å². The molecule has 0 bridgehead atoms. The number of thiazole rings is 1. The van der Waals surface area contributed by atoms with Gasteiger partial charge >= 0.3 is 11.9 Å². The number of carboxylic acid groups (broad SMARTS) is 1. The summed E-state index contributed by atoms with van der Waals surface area (Å²) in [7, 11) is 1.24. The lowest BCUT2D eigenvalue weighted by molar-refractivity contribution is -0.143. The number of rotatable bonds is 8. The predicted octanol–water partition coefficient (Wildman–Crippen LogP) is -1.07. The molecule has 1 aromatic rings. The van der Waals surface area contributed by atoms with Gasteiger partial charge in [0, 0.05) is 11.9 Å². The Bertz CT molecular complexity index is 987. The van der Waals surface area contributed by atoms with E-state index < -0.39 is 35.5 Å². The molecule has 0 aromatic carbocycles. The van der Waals surface area contributed by atoms with E-state index in [2.05, 4.69) is 20.3 Å². The number of aliphatic carboxylic acids is 1. The Balaban J connectivity index is 1.79. The number of aromatic nitrogens is 1. The number of amides is 2. The molecule has 4 N–H and O–H groups in total. The summed E-state index contributed by atoms with van der Waals surface area (Å²) in [4.78, 5) is 58.2. The zero-order valence-corrected chi connectivity index (χ0v) is 17.5. The molecule has 1 atom stereocenters. The van der Waals surface area contributed by atoms with Crippen LogP contribution in [0.4, 0.5) is 5.13 Å². The Morgan fingerprint density at radius 2 is 2.19 bits per heavy atom. The maximum absolute atomic E-state index is 12.9. The third-order valence-corrected chi connectivity index (χ3v) is 5.05. The molecule has 0 saturated carbocycles. The smallest absolute Gasteiger partial charge is 0.354 e. The molecule has 2 aliphatic heterocycles. The zero-order valence-electron chi connectivity index (χ0n) is 16.7. The molecular formula is C17H20N6O7S. The molecule has 3 rings (SSSR count). The molecule has 2 amide bonds. The second-order valence-corrected chi connectivity index (χ2v) is 7.37. The number of nitrogens with zero attached hydrogens (tertiary/aromatic N) is 4. The Morgan fingerprint density at radius 1 is 1.45 bits per heavy atom. The van der Waals surface area contributed by atoms with Crippen molar-refractivity contribution in [2.24, 2.45) is 5.16 Å². The van der Waals surface area contributed by atoms with Crippen molar-refractivity contribution in [3.05, 3.63) is 22.3 Å². The minimum Gasteiger partial charge on any atom is -0.477 e. The monoisotopic (exact) mass is 452 g/mol. The highest BCUT2D eigenvalue weighted by molar-refractivity contribution is 7.13. The topological polar surface area (TPSA) is 177 Å². The fourth-order valence-corrected chi connectivity index (χ4v) is 3.67. The van der Waals surface area contributed by atoms with Crippen LogP contribution in [0.15, 0.2) is 21.8 Å². The summed E-state index contributed by atoms with van der Waals surface area (Å²) in [6, 6.07) is -1.08. The fraction of sp³-hybridized carbons (Fsp3) is 0.412. The molecule has 0 aliphatic carbocycles. The minimum absolute atomic E-state index is 0.0502. The van der Waals surface area contributed by atoms with Gasteiger partial charge in [0.25, 0.3) is 11.8 Å². The second-order valence-electron chi connectivity index (χ2n) is 6.48. The lowest BCUT2D eigenvalue weighted by Crippen LogP contribution is -2.46. The Morgan fingerprint density at radius 3 is 2.77 bits per heavy atom. The maximum atomic E-state index is 12.9. The Labute approximate surface area is 180 Å². The number of hydrazine groups is 1. The van der Waals surface area contributed by atoms with Crippen molar-refractivity contribution in [1.82, 2.24) is 20.3 Å². The Hall–Kier alpha value is -3.52. The summed E-state index contributed by atoms with van der Waals surface area (Å²) in [6.45, 7) is 1.74. The predicted molar refractivity (Wildman–Crippen MR) is 106 cm³/mol. The van der Waals surface area contributed by atoms with Crippen molar-refractivity contribution < 1.29 is 33.9 Å². The molecule has 1 aromatic heterocycles. The SMILES string of the molecule is CCCOC(=O)C1=C(C(=O)O)N2C(=O)[C@@H](NC(=O)/C(=N/OC)c3csc(N)n3)CN2C1. The van der Waals surface area contributed by atoms with Gasteiger partial charge in [0.05, 0.1) is 18.7 Å². The highest BCUT2D eigenvalue weighted by atomic mass is 32.1. The quantitative estimate of drug-likeness (QED) is 0.250. The normalized spacial score (nSPS) is 18.9. The molecule has 2 aliphatic rings. The minimum atomic E-state index is -1.45. The fourth-order valence-electron chi connectivity index (χ4n) is 3.12. The van der Waals surface area contributed by atoms with E-state index in [-0.39, 0.29) is 41.8 Å². The first-order chi connectivity index (χ1) is 14.8. The number of nitrogens with one attached hydrogen (secondary N) is 1. The van der Waals surface area contributed by atoms with E-state index in [9.17, 15) is 24.3 Å². The van der Waals surface area contributed by atoms with E-state index in [1.54, 1.807) is 6.92 Å². The van der Waals surface area contributed by atoms with Crippen LogP contribution in [0.5, 0.6) is 0 Å². The van der Waals surface area contributed by atoms with Crippen molar-refractivity contribution in [3.8, 4) is 0 Å². The summed E-state index contributed by atoms with van der Waals surface area (Å²) >= 11 is 1.10. The zero-order chi connectivity index (χ0) is 22.7. The number of nitrogens with two attached hydrogens (primary N) is 1. The molecule has 3 heterocycles. The summed E-state index contributed by atoms with van der Waals surface area (Å²) in [5.74, 6) is -3.71. The van der Waals surface area contributed by atoms with E-state index in [0.29, 0.717) is 6.42 Å². The van der Waals surface area contributed by atoms with Crippen LogP contribution in [-0.2, 0) is 28.8 Å². The standard InChI is InChI=1S/C17H20N6O7S/c1-3-4-30-16(28)8-5-22-6-9(14(25)23(22)12(8)15(26)27)19-13(24)11(21-29-2)10-7-31-17(18)20-10/h7,9H,3-6H2,1-2H3,(H2,18,20)(H,19,24)(H,26,27)/b21-11+/t9-/m0/s1.